The molecule has 0 bridgehead atoms. The summed E-state index contributed by atoms with van der Waals surface area (Å²) >= 11 is 0. The molecule has 1 aromatic heterocycles. The first-order valence-corrected chi connectivity index (χ1v) is 16.8. The molecule has 10 nitrogen and oxygen atoms in total. The summed E-state index contributed by atoms with van der Waals surface area (Å²) in [5.41, 5.74) is 1.37. The van der Waals surface area contributed by atoms with Gasteiger partial charge in [0.05, 0.1) is 12.1 Å². The summed E-state index contributed by atoms with van der Waals surface area (Å²) in [6, 6.07) is 6.85. The molecule has 2 aromatic rings. The minimum atomic E-state index is -3.76. The van der Waals surface area contributed by atoms with E-state index in [4.69, 9.17) is 4.43 Å². The molecule has 0 saturated carbocycles. The smallest absolute Gasteiger partial charge is 0.407 e. The number of benzene rings is 1. The molecule has 3 rings (SSSR count). The standard InChI is InChI=1S/C25H41N5O5SSi/c1-25(2,3)37(7,8)35-21-12-14-29(17-21)18-22(28(6)24(31)32)19-10-9-11-20(16-19)23-26-13-15-30(23)36(33,34)27(4)5/h9-11,13,15-16,21-22H,12,14,17-18H2,1-8H3,(H,31,32)/t21?,22-/m1/s1. The molecule has 12 heteroatoms. The van der Waals surface area contributed by atoms with Gasteiger partial charge in [0, 0.05) is 58.7 Å². The first-order valence-electron chi connectivity index (χ1n) is 12.5. The van der Waals surface area contributed by atoms with Gasteiger partial charge in [0.25, 0.3) is 0 Å². The molecule has 0 aliphatic carbocycles. The summed E-state index contributed by atoms with van der Waals surface area (Å²) < 4.78 is 34.4. The predicted octanol–water partition coefficient (Wildman–Crippen LogP) is 3.95. The summed E-state index contributed by atoms with van der Waals surface area (Å²) in [6.45, 7) is 13.3. The van der Waals surface area contributed by atoms with Crippen molar-refractivity contribution in [2.24, 2.45) is 0 Å². The predicted molar refractivity (Wildman–Crippen MR) is 147 cm³/mol. The van der Waals surface area contributed by atoms with Gasteiger partial charge in [-0.3, -0.25) is 4.90 Å². The maximum atomic E-state index is 12.8. The van der Waals surface area contributed by atoms with E-state index in [9.17, 15) is 18.3 Å². The highest BCUT2D eigenvalue weighted by molar-refractivity contribution is 7.87. The van der Waals surface area contributed by atoms with Gasteiger partial charge in [-0.1, -0.05) is 39.0 Å². The van der Waals surface area contributed by atoms with E-state index in [1.807, 2.05) is 18.2 Å². The van der Waals surface area contributed by atoms with Crippen LogP contribution in [0.1, 0.15) is 38.8 Å². The topological polar surface area (TPSA) is 108 Å². The first kappa shape index (κ1) is 29.3. The first-order chi connectivity index (χ1) is 17.0. The van der Waals surface area contributed by atoms with Crippen LogP contribution in [-0.4, -0.2) is 97.9 Å². The molecule has 1 fully saturated rings. The maximum absolute atomic E-state index is 12.8. The van der Waals surface area contributed by atoms with Gasteiger partial charge in [0.1, 0.15) is 0 Å². The maximum Gasteiger partial charge on any atom is 0.407 e. The summed E-state index contributed by atoms with van der Waals surface area (Å²) in [4.78, 5) is 19.9. The Balaban J connectivity index is 1.86. The van der Waals surface area contributed by atoms with Gasteiger partial charge in [-0.15, -0.1) is 0 Å². The number of nitrogens with zero attached hydrogens (tertiary/aromatic N) is 5. The van der Waals surface area contributed by atoms with Crippen LogP contribution in [0, 0.1) is 0 Å². The van der Waals surface area contributed by atoms with Gasteiger partial charge in [0.15, 0.2) is 14.1 Å². The minimum Gasteiger partial charge on any atom is -0.465 e. The number of likely N-dealkylation sites (tertiary alicyclic amines) is 1. The van der Waals surface area contributed by atoms with Crippen molar-refractivity contribution in [3.05, 3.63) is 42.2 Å². The summed E-state index contributed by atoms with van der Waals surface area (Å²) in [5.74, 6) is 0.274. The number of likely N-dealkylation sites (N-methyl/N-ethyl adjacent to an activating group) is 1. The SMILES string of the molecule is CN(C(=O)O)[C@H](CN1CCC(O[Si](C)(C)C(C)(C)C)C1)c1cccc(-c2nccn2S(=O)(=O)N(C)C)c1. The number of imidazole rings is 1. The van der Waals surface area contributed by atoms with Crippen molar-refractivity contribution >= 4 is 24.6 Å². The third-order valence-electron chi connectivity index (χ3n) is 7.54. The van der Waals surface area contributed by atoms with E-state index in [2.05, 4.69) is 43.7 Å². The van der Waals surface area contributed by atoms with Gasteiger partial charge in [-0.25, -0.2) is 13.8 Å². The molecule has 206 valence electrons. The van der Waals surface area contributed by atoms with Crippen LogP contribution in [0.25, 0.3) is 11.4 Å². The lowest BCUT2D eigenvalue weighted by molar-refractivity contribution is 0.121. The second-order valence-corrected chi connectivity index (χ2v) is 18.2. The highest BCUT2D eigenvalue weighted by atomic mass is 32.2. The zero-order valence-electron chi connectivity index (χ0n) is 23.2. The monoisotopic (exact) mass is 551 g/mol. The van der Waals surface area contributed by atoms with Crippen molar-refractivity contribution in [2.45, 2.75) is 57.5 Å². The lowest BCUT2D eigenvalue weighted by atomic mass is 10.0. The quantitative estimate of drug-likeness (QED) is 0.470. The molecule has 1 aliphatic heterocycles. The molecule has 1 amide bonds. The zero-order chi connectivity index (χ0) is 27.8. The van der Waals surface area contributed by atoms with Crippen LogP contribution in [0.3, 0.4) is 0 Å². The molecule has 1 saturated heterocycles. The fourth-order valence-electron chi connectivity index (χ4n) is 4.22. The Bertz CT molecular complexity index is 1210. The average Bonchev–Trinajstić information content (AvgIpc) is 3.46. The summed E-state index contributed by atoms with van der Waals surface area (Å²) in [6.07, 6.45) is 2.87. The highest BCUT2D eigenvalue weighted by Gasteiger charge is 2.41. The molecule has 1 unspecified atom stereocenters. The number of aromatic nitrogens is 2. The molecule has 0 radical (unpaired) electrons. The Kier molecular flexibility index (Phi) is 8.60. The molecule has 2 heterocycles. The van der Waals surface area contributed by atoms with Crippen LogP contribution < -0.4 is 0 Å². The normalized spacial score (nSPS) is 18.4. The number of amides is 1. The van der Waals surface area contributed by atoms with E-state index in [1.54, 1.807) is 13.1 Å². The van der Waals surface area contributed by atoms with Crippen LogP contribution >= 0.6 is 0 Å². The van der Waals surface area contributed by atoms with Crippen LogP contribution in [0.15, 0.2) is 36.7 Å². The Morgan fingerprint density at radius 2 is 1.95 bits per heavy atom. The zero-order valence-corrected chi connectivity index (χ0v) is 25.0. The molecule has 0 spiro atoms. The van der Waals surface area contributed by atoms with Crippen molar-refractivity contribution in [1.29, 1.82) is 0 Å². The third-order valence-corrected chi connectivity index (χ3v) is 13.8. The number of carboxylic acid groups (broad SMARTS) is 1. The Morgan fingerprint density at radius 1 is 1.27 bits per heavy atom. The van der Waals surface area contributed by atoms with E-state index in [0.717, 1.165) is 33.4 Å². The van der Waals surface area contributed by atoms with Crippen LogP contribution in [-0.2, 0) is 14.6 Å². The number of hydrogen-bond acceptors (Lipinski definition) is 6. The van der Waals surface area contributed by atoms with Crippen molar-refractivity contribution < 1.29 is 22.7 Å². The lowest BCUT2D eigenvalue weighted by Crippen LogP contribution is -2.45. The number of hydrogen-bond donors (Lipinski definition) is 1. The van der Waals surface area contributed by atoms with Gasteiger partial charge in [0.2, 0.25) is 0 Å². The van der Waals surface area contributed by atoms with E-state index in [-0.39, 0.29) is 17.0 Å². The Labute approximate surface area is 222 Å². The Hall–Kier alpha value is -2.25. The second kappa shape index (κ2) is 10.9. The molecular formula is C25H41N5O5SSi. The third kappa shape index (κ3) is 6.43. The molecular weight excluding hydrogens is 510 g/mol. The average molecular weight is 552 g/mol. The van der Waals surface area contributed by atoms with E-state index in [0.29, 0.717) is 12.1 Å². The van der Waals surface area contributed by atoms with E-state index >= 15 is 0 Å². The summed E-state index contributed by atoms with van der Waals surface area (Å²) in [7, 11) is -1.17. The molecule has 37 heavy (non-hydrogen) atoms. The van der Waals surface area contributed by atoms with Crippen LogP contribution in [0.2, 0.25) is 18.1 Å². The number of carbonyl (C=O) groups is 1. The van der Waals surface area contributed by atoms with E-state index < -0.39 is 30.7 Å². The van der Waals surface area contributed by atoms with E-state index in [1.165, 1.54) is 31.4 Å². The summed E-state index contributed by atoms with van der Waals surface area (Å²) in [5, 5.41) is 9.96. The fourth-order valence-corrected chi connectivity index (χ4v) is 6.53. The van der Waals surface area contributed by atoms with Crippen LogP contribution in [0.4, 0.5) is 4.79 Å². The highest BCUT2D eigenvalue weighted by Crippen LogP contribution is 2.38. The minimum absolute atomic E-state index is 0.124. The molecule has 1 aromatic carbocycles. The van der Waals surface area contributed by atoms with Gasteiger partial charge in [-0.2, -0.15) is 12.7 Å². The van der Waals surface area contributed by atoms with Crippen molar-refractivity contribution in [1.82, 2.24) is 23.1 Å². The van der Waals surface area contributed by atoms with Crippen LogP contribution in [0.5, 0.6) is 0 Å². The van der Waals surface area contributed by atoms with Gasteiger partial charge < -0.3 is 14.4 Å². The van der Waals surface area contributed by atoms with Gasteiger partial charge >= 0.3 is 16.3 Å². The fraction of sp³-hybridized carbons (Fsp3) is 0.600. The molecule has 1 N–H and O–H groups in total. The molecule has 1 aliphatic rings. The van der Waals surface area contributed by atoms with Crippen molar-refractivity contribution in [3.63, 3.8) is 0 Å². The molecule has 2 atom stereocenters. The van der Waals surface area contributed by atoms with Gasteiger partial charge in [-0.05, 0) is 36.2 Å². The largest absolute Gasteiger partial charge is 0.465 e. The lowest BCUT2D eigenvalue weighted by Gasteiger charge is -2.38. The van der Waals surface area contributed by atoms with Crippen molar-refractivity contribution in [3.8, 4) is 11.4 Å². The number of rotatable bonds is 9. The second-order valence-electron chi connectivity index (χ2n) is 11.4. The van der Waals surface area contributed by atoms with Crippen molar-refractivity contribution in [2.75, 3.05) is 40.8 Å². The Morgan fingerprint density at radius 3 is 2.54 bits per heavy atom.